The number of fused-ring (bicyclic) bond motifs is 4. The van der Waals surface area contributed by atoms with Crippen LogP contribution in [0.5, 0.6) is 11.5 Å². The summed E-state index contributed by atoms with van der Waals surface area (Å²) in [5.41, 5.74) is 0.758. The third kappa shape index (κ3) is 2.59. The molecule has 1 amide bonds. The van der Waals surface area contributed by atoms with E-state index in [2.05, 4.69) is 26.1 Å². The van der Waals surface area contributed by atoms with Gasteiger partial charge in [0, 0.05) is 33.2 Å². The molecule has 5 rings (SSSR count). The van der Waals surface area contributed by atoms with E-state index in [9.17, 15) is 14.9 Å². The number of halogens is 1. The number of nitrogens with zero attached hydrogens (tertiary/aromatic N) is 2. The Bertz CT molecular complexity index is 1090. The van der Waals surface area contributed by atoms with Crippen LogP contribution < -0.4 is 14.8 Å². The van der Waals surface area contributed by atoms with Gasteiger partial charge >= 0.3 is 0 Å². The highest BCUT2D eigenvalue weighted by Gasteiger charge is 2.73. The van der Waals surface area contributed by atoms with Gasteiger partial charge in [-0.3, -0.25) is 19.8 Å². The van der Waals surface area contributed by atoms with E-state index in [4.69, 9.17) is 9.47 Å². The molecule has 2 saturated heterocycles. The Balaban J connectivity index is 1.76. The van der Waals surface area contributed by atoms with Crippen LogP contribution in [0.25, 0.3) is 0 Å². The minimum absolute atomic E-state index is 0.137. The molecule has 2 aromatic rings. The van der Waals surface area contributed by atoms with Crippen molar-refractivity contribution < 1.29 is 19.2 Å². The van der Waals surface area contributed by atoms with Gasteiger partial charge in [0.25, 0.3) is 11.9 Å². The molecule has 0 saturated carbocycles. The van der Waals surface area contributed by atoms with Crippen LogP contribution >= 0.6 is 15.9 Å². The summed E-state index contributed by atoms with van der Waals surface area (Å²) in [6.45, 7) is 0.637. The quantitative estimate of drug-likeness (QED) is 0.523. The van der Waals surface area contributed by atoms with Crippen molar-refractivity contribution in [3.63, 3.8) is 0 Å². The highest BCUT2D eigenvalue weighted by molar-refractivity contribution is 9.10. The Morgan fingerprint density at radius 1 is 1.23 bits per heavy atom. The molecule has 31 heavy (non-hydrogen) atoms. The molecule has 0 radical (unpaired) electrons. The van der Waals surface area contributed by atoms with E-state index in [1.165, 1.54) is 0 Å². The number of ether oxygens (including phenoxy) is 2. The van der Waals surface area contributed by atoms with E-state index in [0.717, 1.165) is 18.4 Å². The zero-order valence-electron chi connectivity index (χ0n) is 17.1. The third-order valence-corrected chi connectivity index (χ3v) is 7.64. The van der Waals surface area contributed by atoms with Crippen molar-refractivity contribution in [2.75, 3.05) is 26.1 Å². The van der Waals surface area contributed by atoms with Crippen molar-refractivity contribution in [2.45, 2.75) is 36.4 Å². The molecule has 1 N–H and O–H groups in total. The van der Waals surface area contributed by atoms with E-state index < -0.39 is 17.5 Å². The number of amides is 1. The van der Waals surface area contributed by atoms with Crippen LogP contribution in [0.15, 0.2) is 40.9 Å². The Morgan fingerprint density at radius 3 is 2.65 bits per heavy atom. The number of hydrogen-bond acceptors (Lipinski definition) is 6. The first kappa shape index (κ1) is 20.3. The monoisotopic (exact) mass is 487 g/mol. The number of anilines is 1. The van der Waals surface area contributed by atoms with Crippen LogP contribution in [0.2, 0.25) is 0 Å². The van der Waals surface area contributed by atoms with Gasteiger partial charge in [-0.2, -0.15) is 0 Å². The van der Waals surface area contributed by atoms with Crippen LogP contribution in [0.1, 0.15) is 29.9 Å². The predicted octanol–water partition coefficient (Wildman–Crippen LogP) is 3.52. The number of carbonyl (C=O) groups excluding carboxylic acids is 1. The fourth-order valence-corrected chi connectivity index (χ4v) is 6.46. The molecule has 0 aliphatic carbocycles. The van der Waals surface area contributed by atoms with Crippen LogP contribution in [0.4, 0.5) is 5.69 Å². The molecule has 2 aromatic carbocycles. The van der Waals surface area contributed by atoms with Gasteiger partial charge < -0.3 is 14.8 Å². The zero-order valence-corrected chi connectivity index (χ0v) is 18.7. The second-order valence-corrected chi connectivity index (χ2v) is 9.01. The first-order chi connectivity index (χ1) is 14.9. The molecule has 162 valence electrons. The Kier molecular flexibility index (Phi) is 4.71. The number of nitrogens with one attached hydrogen (secondary N) is 1. The predicted molar refractivity (Wildman–Crippen MR) is 117 cm³/mol. The summed E-state index contributed by atoms with van der Waals surface area (Å²) in [5, 5.41) is 15.6. The molecule has 3 heterocycles. The normalized spacial score (nSPS) is 29.0. The van der Waals surface area contributed by atoms with Crippen LogP contribution in [-0.4, -0.2) is 48.6 Å². The molecule has 2 fully saturated rings. The topological polar surface area (TPSA) is 93.9 Å². The van der Waals surface area contributed by atoms with Crippen molar-refractivity contribution in [1.82, 2.24) is 4.90 Å². The lowest BCUT2D eigenvalue weighted by Gasteiger charge is -2.32. The highest BCUT2D eigenvalue weighted by Crippen LogP contribution is 2.59. The number of para-hydroxylation sites is 1. The molecule has 3 aliphatic heterocycles. The number of methoxy groups -OCH3 is 2. The molecular formula is C22H22BrN3O5. The fraction of sp³-hybridized carbons (Fsp3) is 0.409. The summed E-state index contributed by atoms with van der Waals surface area (Å²) in [4.78, 5) is 27.9. The molecule has 0 bridgehead atoms. The van der Waals surface area contributed by atoms with Crippen LogP contribution in [-0.2, 0) is 10.3 Å². The van der Waals surface area contributed by atoms with Gasteiger partial charge in [-0.1, -0.05) is 34.1 Å². The molecule has 8 nitrogen and oxygen atoms in total. The maximum absolute atomic E-state index is 13.5. The Hall–Kier alpha value is -2.65. The number of benzene rings is 2. The lowest BCUT2D eigenvalue weighted by molar-refractivity contribution is -0.534. The van der Waals surface area contributed by atoms with Crippen LogP contribution in [0.3, 0.4) is 0 Å². The second-order valence-electron chi connectivity index (χ2n) is 8.15. The maximum atomic E-state index is 13.5. The largest absolute Gasteiger partial charge is 0.493 e. The number of carbonyl (C=O) groups is 1. The van der Waals surface area contributed by atoms with Crippen molar-refractivity contribution in [2.24, 2.45) is 0 Å². The SMILES string of the molecule is COc1cc(Br)c([C@H]2[C@H]([N+](=O)[O-])[C@]3(C(=O)Nc4ccccc43)N3CCC[C@@H]23)cc1OC. The number of rotatable bonds is 4. The summed E-state index contributed by atoms with van der Waals surface area (Å²) < 4.78 is 11.6. The molecule has 9 heteroatoms. The van der Waals surface area contributed by atoms with E-state index in [1.807, 2.05) is 24.3 Å². The maximum Gasteiger partial charge on any atom is 0.256 e. The smallest absolute Gasteiger partial charge is 0.256 e. The van der Waals surface area contributed by atoms with Crippen molar-refractivity contribution in [3.05, 3.63) is 62.1 Å². The van der Waals surface area contributed by atoms with Crippen LogP contribution in [0, 0.1) is 10.1 Å². The molecular weight excluding hydrogens is 466 g/mol. The first-order valence-corrected chi connectivity index (χ1v) is 11.0. The second kappa shape index (κ2) is 7.20. The molecule has 1 spiro atoms. The average Bonchev–Trinajstić information content (AvgIpc) is 3.41. The summed E-state index contributed by atoms with van der Waals surface area (Å²) in [5.74, 6) is 0.227. The lowest BCUT2D eigenvalue weighted by atomic mass is 9.77. The van der Waals surface area contributed by atoms with E-state index in [-0.39, 0.29) is 16.9 Å². The molecule has 3 aliphatic rings. The number of nitro groups is 1. The van der Waals surface area contributed by atoms with Gasteiger partial charge in [0.15, 0.2) is 17.0 Å². The molecule has 4 atom stereocenters. The summed E-state index contributed by atoms with van der Waals surface area (Å²) >= 11 is 3.60. The highest BCUT2D eigenvalue weighted by atomic mass is 79.9. The average molecular weight is 488 g/mol. The summed E-state index contributed by atoms with van der Waals surface area (Å²) in [7, 11) is 3.09. The fourth-order valence-electron chi connectivity index (χ4n) is 5.87. The van der Waals surface area contributed by atoms with Crippen molar-refractivity contribution >= 4 is 27.5 Å². The third-order valence-electron chi connectivity index (χ3n) is 6.96. The van der Waals surface area contributed by atoms with Gasteiger partial charge in [-0.05, 0) is 36.6 Å². The van der Waals surface area contributed by atoms with Gasteiger partial charge in [0.1, 0.15) is 0 Å². The van der Waals surface area contributed by atoms with Gasteiger partial charge in [-0.25, -0.2) is 0 Å². The summed E-state index contributed by atoms with van der Waals surface area (Å²) in [6.07, 6.45) is 1.67. The van der Waals surface area contributed by atoms with Crippen molar-refractivity contribution in [3.8, 4) is 11.5 Å². The van der Waals surface area contributed by atoms with E-state index >= 15 is 0 Å². The molecule has 0 aromatic heterocycles. The number of hydrogen-bond donors (Lipinski definition) is 1. The standard InChI is InChI=1S/C22H22BrN3O5/c1-30-17-10-12(14(23)11-18(17)31-2)19-16-8-5-9-25(16)22(20(19)26(28)29)13-6-3-4-7-15(13)24-21(22)27/h3-4,6-7,10-11,16,19-20H,5,8-9H2,1-2H3,(H,24,27)/t16-,19+,20-,22+/m0/s1. The minimum Gasteiger partial charge on any atom is -0.493 e. The van der Waals surface area contributed by atoms with Gasteiger partial charge in [-0.15, -0.1) is 0 Å². The van der Waals surface area contributed by atoms with Gasteiger partial charge in [0.05, 0.1) is 20.1 Å². The van der Waals surface area contributed by atoms with Crippen molar-refractivity contribution in [1.29, 1.82) is 0 Å². The van der Waals surface area contributed by atoms with E-state index in [0.29, 0.717) is 33.8 Å². The Labute approximate surface area is 187 Å². The summed E-state index contributed by atoms with van der Waals surface area (Å²) in [6, 6.07) is 9.61. The first-order valence-electron chi connectivity index (χ1n) is 10.2. The van der Waals surface area contributed by atoms with Gasteiger partial charge in [0.2, 0.25) is 0 Å². The zero-order chi connectivity index (χ0) is 21.9. The lowest BCUT2D eigenvalue weighted by Crippen LogP contribution is -2.55. The van der Waals surface area contributed by atoms with E-state index in [1.54, 1.807) is 26.4 Å². The minimum atomic E-state index is -1.33. The molecule has 0 unspecified atom stereocenters. The Morgan fingerprint density at radius 2 is 1.94 bits per heavy atom.